The van der Waals surface area contributed by atoms with Crippen LogP contribution in [0.5, 0.6) is 5.75 Å². The summed E-state index contributed by atoms with van der Waals surface area (Å²) in [5.74, 6) is 0.929. The fourth-order valence-electron chi connectivity index (χ4n) is 2.25. The number of methoxy groups -OCH3 is 1. The molecule has 0 aromatic heterocycles. The van der Waals surface area contributed by atoms with Crippen LogP contribution in [0.3, 0.4) is 0 Å². The van der Waals surface area contributed by atoms with Crippen molar-refractivity contribution in [2.45, 2.75) is 25.8 Å². The third-order valence-corrected chi connectivity index (χ3v) is 3.11. The summed E-state index contributed by atoms with van der Waals surface area (Å²) < 4.78 is 10.7. The minimum atomic E-state index is 0.463. The smallest absolute Gasteiger partial charge is 0.144 e. The molecule has 4 heteroatoms. The van der Waals surface area contributed by atoms with E-state index in [4.69, 9.17) is 9.47 Å². The lowest BCUT2D eigenvalue weighted by Gasteiger charge is -2.29. The highest BCUT2D eigenvalue weighted by atomic mass is 16.5. The molecule has 1 heterocycles. The van der Waals surface area contributed by atoms with Gasteiger partial charge < -0.3 is 20.1 Å². The molecule has 0 saturated heterocycles. The molecule has 18 heavy (non-hydrogen) atoms. The van der Waals surface area contributed by atoms with E-state index in [1.807, 2.05) is 19.1 Å². The minimum Gasteiger partial charge on any atom is -0.492 e. The minimum absolute atomic E-state index is 0.463. The summed E-state index contributed by atoms with van der Waals surface area (Å²) in [6.07, 6.45) is 2.19. The van der Waals surface area contributed by atoms with Crippen molar-refractivity contribution in [3.05, 3.63) is 18.2 Å². The molecule has 1 aromatic carbocycles. The Balaban J connectivity index is 1.99. The van der Waals surface area contributed by atoms with E-state index < -0.39 is 0 Å². The fourth-order valence-corrected chi connectivity index (χ4v) is 2.25. The third kappa shape index (κ3) is 3.07. The van der Waals surface area contributed by atoms with E-state index in [0.29, 0.717) is 12.6 Å². The van der Waals surface area contributed by atoms with Gasteiger partial charge in [0.25, 0.3) is 0 Å². The van der Waals surface area contributed by atoms with E-state index >= 15 is 0 Å². The van der Waals surface area contributed by atoms with E-state index in [9.17, 15) is 0 Å². The molecule has 0 radical (unpaired) electrons. The van der Waals surface area contributed by atoms with E-state index in [0.717, 1.165) is 43.1 Å². The average molecular weight is 250 g/mol. The lowest BCUT2D eigenvalue weighted by molar-refractivity contribution is 0.191. The van der Waals surface area contributed by atoms with Crippen molar-refractivity contribution < 1.29 is 9.47 Å². The van der Waals surface area contributed by atoms with Crippen molar-refractivity contribution >= 4 is 11.4 Å². The number of ether oxygens (including phenoxy) is 2. The second-order valence-corrected chi connectivity index (χ2v) is 4.47. The summed E-state index contributed by atoms with van der Waals surface area (Å²) in [4.78, 5) is 0. The monoisotopic (exact) mass is 250 g/mol. The zero-order valence-corrected chi connectivity index (χ0v) is 11.2. The van der Waals surface area contributed by atoms with Gasteiger partial charge in [0.1, 0.15) is 11.4 Å². The number of rotatable bonds is 6. The van der Waals surface area contributed by atoms with Crippen molar-refractivity contribution in [2.75, 3.05) is 37.5 Å². The summed E-state index contributed by atoms with van der Waals surface area (Å²) in [6.45, 7) is 4.45. The third-order valence-electron chi connectivity index (χ3n) is 3.11. The Morgan fingerprint density at radius 3 is 3.06 bits per heavy atom. The van der Waals surface area contributed by atoms with Crippen molar-refractivity contribution in [3.8, 4) is 5.75 Å². The fraction of sp³-hybridized carbons (Fsp3) is 0.571. The van der Waals surface area contributed by atoms with E-state index in [1.165, 1.54) is 0 Å². The number of anilines is 2. The van der Waals surface area contributed by atoms with Gasteiger partial charge in [-0.2, -0.15) is 0 Å². The second-order valence-electron chi connectivity index (χ2n) is 4.47. The van der Waals surface area contributed by atoms with Gasteiger partial charge in [0, 0.05) is 26.3 Å². The van der Waals surface area contributed by atoms with Crippen LogP contribution in [0.2, 0.25) is 0 Å². The number of fused-ring (bicyclic) bond motifs is 1. The van der Waals surface area contributed by atoms with Gasteiger partial charge in [-0.3, -0.25) is 0 Å². The SMILES string of the molecule is CCOc1cccc2c1NCC(CCCOC)N2. The molecule has 0 spiro atoms. The molecule has 0 aliphatic carbocycles. The number of para-hydroxylation sites is 1. The van der Waals surface area contributed by atoms with Crippen molar-refractivity contribution in [3.63, 3.8) is 0 Å². The molecule has 2 rings (SSSR count). The standard InChI is InChI=1S/C14H22N2O2/c1-3-18-13-8-4-7-12-14(13)15-10-11(16-12)6-5-9-17-2/h4,7-8,11,15-16H,3,5-6,9-10H2,1-2H3. The van der Waals surface area contributed by atoms with Crippen LogP contribution in [-0.4, -0.2) is 32.9 Å². The van der Waals surface area contributed by atoms with Gasteiger partial charge in [-0.15, -0.1) is 0 Å². The molecule has 1 aliphatic heterocycles. The summed E-state index contributed by atoms with van der Waals surface area (Å²) >= 11 is 0. The predicted octanol–water partition coefficient (Wildman–Crippen LogP) is 2.72. The van der Waals surface area contributed by atoms with Gasteiger partial charge in [-0.05, 0) is 31.9 Å². The first-order chi connectivity index (χ1) is 8.85. The highest BCUT2D eigenvalue weighted by Crippen LogP contribution is 2.35. The van der Waals surface area contributed by atoms with Gasteiger partial charge in [0.15, 0.2) is 0 Å². The lowest BCUT2D eigenvalue weighted by Crippen LogP contribution is -2.33. The summed E-state index contributed by atoms with van der Waals surface area (Å²) in [5.41, 5.74) is 2.22. The molecule has 0 bridgehead atoms. The van der Waals surface area contributed by atoms with Crippen molar-refractivity contribution in [1.82, 2.24) is 0 Å². The highest BCUT2D eigenvalue weighted by molar-refractivity contribution is 5.77. The molecule has 0 fully saturated rings. The lowest BCUT2D eigenvalue weighted by atomic mass is 10.1. The van der Waals surface area contributed by atoms with Crippen LogP contribution in [0.1, 0.15) is 19.8 Å². The molecule has 4 nitrogen and oxygen atoms in total. The zero-order chi connectivity index (χ0) is 12.8. The Labute approximate surface area is 109 Å². The topological polar surface area (TPSA) is 42.5 Å². The Bertz CT molecular complexity index is 382. The molecule has 1 aliphatic rings. The first kappa shape index (κ1) is 13.0. The normalized spacial score (nSPS) is 17.6. The van der Waals surface area contributed by atoms with E-state index in [-0.39, 0.29) is 0 Å². The summed E-state index contributed by atoms with van der Waals surface area (Å²) in [6, 6.07) is 6.58. The molecular weight excluding hydrogens is 228 g/mol. The first-order valence-electron chi connectivity index (χ1n) is 6.60. The van der Waals surface area contributed by atoms with Crippen LogP contribution in [-0.2, 0) is 4.74 Å². The van der Waals surface area contributed by atoms with Crippen molar-refractivity contribution in [1.29, 1.82) is 0 Å². The molecule has 1 unspecified atom stereocenters. The maximum Gasteiger partial charge on any atom is 0.144 e. The van der Waals surface area contributed by atoms with Crippen molar-refractivity contribution in [2.24, 2.45) is 0 Å². The van der Waals surface area contributed by atoms with Crippen LogP contribution in [0.15, 0.2) is 18.2 Å². The molecular formula is C14H22N2O2. The Morgan fingerprint density at radius 2 is 2.28 bits per heavy atom. The highest BCUT2D eigenvalue weighted by Gasteiger charge is 2.19. The largest absolute Gasteiger partial charge is 0.492 e. The van der Waals surface area contributed by atoms with E-state index in [2.05, 4.69) is 16.7 Å². The Kier molecular flexibility index (Phi) is 4.70. The summed E-state index contributed by atoms with van der Waals surface area (Å²) in [7, 11) is 1.75. The zero-order valence-electron chi connectivity index (χ0n) is 11.2. The first-order valence-corrected chi connectivity index (χ1v) is 6.60. The Morgan fingerprint density at radius 1 is 1.39 bits per heavy atom. The van der Waals surface area contributed by atoms with Gasteiger partial charge >= 0.3 is 0 Å². The summed E-state index contributed by atoms with van der Waals surface area (Å²) in [5, 5.41) is 7.02. The van der Waals surface area contributed by atoms with Crippen LogP contribution >= 0.6 is 0 Å². The molecule has 1 aromatic rings. The maximum atomic E-state index is 5.62. The van der Waals surface area contributed by atoms with Crippen LogP contribution < -0.4 is 15.4 Å². The van der Waals surface area contributed by atoms with Gasteiger partial charge in [0.2, 0.25) is 0 Å². The molecule has 100 valence electrons. The van der Waals surface area contributed by atoms with Crippen LogP contribution in [0.4, 0.5) is 11.4 Å². The second kappa shape index (κ2) is 6.50. The number of hydrogen-bond donors (Lipinski definition) is 2. The van der Waals surface area contributed by atoms with Crippen LogP contribution in [0, 0.1) is 0 Å². The van der Waals surface area contributed by atoms with Crippen LogP contribution in [0.25, 0.3) is 0 Å². The van der Waals surface area contributed by atoms with E-state index in [1.54, 1.807) is 7.11 Å². The molecule has 1 atom stereocenters. The van der Waals surface area contributed by atoms with Gasteiger partial charge in [0.05, 0.1) is 12.3 Å². The number of hydrogen-bond acceptors (Lipinski definition) is 4. The van der Waals surface area contributed by atoms with Gasteiger partial charge in [-0.25, -0.2) is 0 Å². The maximum absolute atomic E-state index is 5.62. The van der Waals surface area contributed by atoms with Gasteiger partial charge in [-0.1, -0.05) is 6.07 Å². The Hall–Kier alpha value is -1.42. The molecule has 0 saturated carbocycles. The molecule has 0 amide bonds. The number of nitrogens with one attached hydrogen (secondary N) is 2. The molecule has 2 N–H and O–H groups in total. The quantitative estimate of drug-likeness (QED) is 0.762. The predicted molar refractivity (Wildman–Crippen MR) is 74.6 cm³/mol. The average Bonchev–Trinajstić information content (AvgIpc) is 2.39. The number of benzene rings is 1.